The van der Waals surface area contributed by atoms with Gasteiger partial charge in [-0.2, -0.15) is 0 Å². The molecule has 0 aliphatic carbocycles. The van der Waals surface area contributed by atoms with Gasteiger partial charge < -0.3 is 35.6 Å². The van der Waals surface area contributed by atoms with E-state index in [-0.39, 0.29) is 46.1 Å². The van der Waals surface area contributed by atoms with Crippen molar-refractivity contribution in [1.29, 1.82) is 0 Å². The molecule has 4 N–H and O–H groups in total. The molecule has 5 rings (SSSR count). The fourth-order valence-electron chi connectivity index (χ4n) is 4.43. The number of aliphatic carboxylic acids is 1. The monoisotopic (exact) mass is 664 g/mol. The van der Waals surface area contributed by atoms with Crippen LogP contribution in [-0.2, 0) is 21.0 Å². The molecule has 2 aliphatic heterocycles. The molecule has 1 aromatic carbocycles. The molecule has 0 bridgehead atoms. The van der Waals surface area contributed by atoms with Crippen molar-refractivity contribution < 1.29 is 63.7 Å². The molecule has 0 radical (unpaired) electrons. The normalized spacial score (nSPS) is 17.7. The van der Waals surface area contributed by atoms with Crippen molar-refractivity contribution in [1.82, 2.24) is 20.2 Å². The summed E-state index contributed by atoms with van der Waals surface area (Å²) < 4.78 is 11.2. The zero-order chi connectivity index (χ0) is 30.5. The zero-order valence-electron chi connectivity index (χ0n) is 23.6. The second-order valence-corrected chi connectivity index (χ2v) is 12.2. The summed E-state index contributed by atoms with van der Waals surface area (Å²) in [6.07, 6.45) is 2.01. The largest absolute Gasteiger partial charge is 1.00 e. The van der Waals surface area contributed by atoms with Gasteiger partial charge in [-0.25, -0.2) is 9.97 Å². The smallest absolute Gasteiger partial charge is 0.543 e. The number of amides is 2. The molecular formula is C27H25N6NaO7S3. The van der Waals surface area contributed by atoms with Gasteiger partial charge >= 0.3 is 29.6 Å². The Morgan fingerprint density at radius 3 is 2.73 bits per heavy atom. The first-order valence-corrected chi connectivity index (χ1v) is 15.7. The van der Waals surface area contributed by atoms with E-state index < -0.39 is 34.9 Å². The number of carboxylic acid groups (broad SMARTS) is 1. The number of thioether (sulfide) groups is 2. The Morgan fingerprint density at radius 1 is 1.30 bits per heavy atom. The third kappa shape index (κ3) is 7.33. The van der Waals surface area contributed by atoms with Crippen molar-refractivity contribution in [2.75, 3.05) is 24.3 Å². The number of benzene rings is 1. The van der Waals surface area contributed by atoms with Crippen LogP contribution in [0.2, 0.25) is 0 Å². The number of nitrogens with two attached hydrogens (primary N) is 1. The van der Waals surface area contributed by atoms with Gasteiger partial charge in [-0.1, -0.05) is 17.3 Å². The number of nitrogens with zero attached hydrogens (tertiary/aromatic N) is 4. The summed E-state index contributed by atoms with van der Waals surface area (Å²) in [6.45, 7) is 0.333. The fourth-order valence-corrected chi connectivity index (χ4v) is 7.31. The summed E-state index contributed by atoms with van der Waals surface area (Å²) in [6, 6.07) is 10.1. The van der Waals surface area contributed by atoms with Crippen molar-refractivity contribution in [2.45, 2.75) is 29.5 Å². The molecule has 13 nitrogen and oxygen atoms in total. The van der Waals surface area contributed by atoms with Crippen LogP contribution in [0.1, 0.15) is 17.7 Å². The van der Waals surface area contributed by atoms with Gasteiger partial charge in [-0.15, -0.1) is 34.9 Å². The van der Waals surface area contributed by atoms with Crippen molar-refractivity contribution >= 4 is 63.5 Å². The number of β-lactam (4-membered cyclic amide) rings is 1. The Hall–Kier alpha value is -3.28. The second-order valence-electron chi connectivity index (χ2n) is 9.16. The van der Waals surface area contributed by atoms with E-state index in [1.165, 1.54) is 28.9 Å². The number of nitrogen functional groups attached to an aromatic ring is 1. The van der Waals surface area contributed by atoms with Crippen LogP contribution in [0.25, 0.3) is 0 Å². The molecule has 0 saturated carbocycles. The number of oxime groups is 1. The van der Waals surface area contributed by atoms with E-state index in [0.717, 1.165) is 27.5 Å². The van der Waals surface area contributed by atoms with E-state index in [1.54, 1.807) is 19.4 Å². The van der Waals surface area contributed by atoms with E-state index >= 15 is 0 Å². The Balaban J connectivity index is 0.00000442. The predicted molar refractivity (Wildman–Crippen MR) is 159 cm³/mol. The van der Waals surface area contributed by atoms with Gasteiger partial charge in [0.15, 0.2) is 16.6 Å². The molecule has 17 heteroatoms. The van der Waals surface area contributed by atoms with E-state index in [9.17, 15) is 24.7 Å². The topological polar surface area (TPSA) is 192 Å². The van der Waals surface area contributed by atoms with Gasteiger partial charge in [0, 0.05) is 23.1 Å². The molecule has 44 heavy (non-hydrogen) atoms. The number of carbonyl (C=O) groups is 3. The van der Waals surface area contributed by atoms with Gasteiger partial charge in [0.05, 0.1) is 18.8 Å². The number of carbonyl (C=O) groups excluding carboxylic acids is 3. The minimum Gasteiger partial charge on any atom is -0.543 e. The number of anilines is 1. The number of nitrogens with one attached hydrogen (secondary N) is 1. The zero-order valence-corrected chi connectivity index (χ0v) is 28.0. The number of hydrogen-bond donors (Lipinski definition) is 3. The predicted octanol–water partition coefficient (Wildman–Crippen LogP) is -1.52. The van der Waals surface area contributed by atoms with Crippen LogP contribution in [0, 0.1) is 0 Å². The average molecular weight is 665 g/mol. The number of hydrogen-bond acceptors (Lipinski definition) is 14. The van der Waals surface area contributed by atoms with Gasteiger partial charge in [-0.3, -0.25) is 14.5 Å². The average Bonchev–Trinajstić information content (AvgIpc) is 3.44. The molecule has 1 saturated heterocycles. The van der Waals surface area contributed by atoms with Gasteiger partial charge in [0.1, 0.15) is 34.5 Å². The maximum atomic E-state index is 13.0. The van der Waals surface area contributed by atoms with Crippen LogP contribution >= 0.6 is 34.9 Å². The summed E-state index contributed by atoms with van der Waals surface area (Å²) in [5, 5.41) is 28.6. The standard InChI is InChI=1S/C27H26N6O7S3.Na/c1-39-16-6-4-14(5-7-16)11-40-18-3-2-9-29-23(18)41-10-8-15-12-42-25-20(24(35)33(25)21(15)26(36)37)31-22(34)19(32-38)17-13-43-27(28)30-17;/h2-7,9,13,20,25,38H,8,10-12H2,1H3,(H2,28,30)(H,31,34)(H,36,37);/q;+1/p-1/b32-19-;/t20-,25-;/m1./s1. The van der Waals surface area contributed by atoms with E-state index in [1.807, 2.05) is 30.3 Å². The summed E-state index contributed by atoms with van der Waals surface area (Å²) in [4.78, 5) is 47.3. The number of fused-ring (bicyclic) bond motifs is 1. The summed E-state index contributed by atoms with van der Waals surface area (Å²) in [5.41, 5.74) is 6.54. The van der Waals surface area contributed by atoms with Crippen molar-refractivity contribution in [3.8, 4) is 11.5 Å². The quantitative estimate of drug-likeness (QED) is 0.0507. The van der Waals surface area contributed by atoms with Crippen molar-refractivity contribution in [3.05, 3.63) is 70.5 Å². The Labute approximate surface area is 286 Å². The SMILES string of the molecule is COc1ccc(COc2cccnc2SCCC2=C(C(=O)[O-])N3C(=O)[C@@H](NC(=O)/C(=N\O)c4csc(N)n4)[C@H]3SC2)cc1.[Na+]. The number of pyridine rings is 1. The Bertz CT molecular complexity index is 1600. The number of methoxy groups -OCH3 is 1. The molecule has 2 aromatic heterocycles. The fraction of sp³-hybridized carbons (Fsp3) is 0.259. The van der Waals surface area contributed by atoms with Crippen molar-refractivity contribution in [2.24, 2.45) is 5.16 Å². The van der Waals surface area contributed by atoms with E-state index in [0.29, 0.717) is 40.9 Å². The molecule has 2 aliphatic rings. The minimum atomic E-state index is -1.47. The molecule has 1 fully saturated rings. The third-order valence-electron chi connectivity index (χ3n) is 6.54. The first-order chi connectivity index (χ1) is 20.8. The Kier molecular flexibility index (Phi) is 11.6. The van der Waals surface area contributed by atoms with Crippen LogP contribution in [0.3, 0.4) is 0 Å². The number of ether oxygens (including phenoxy) is 2. The second kappa shape index (κ2) is 15.1. The maximum absolute atomic E-state index is 13.0. The minimum absolute atomic E-state index is 0. The Morgan fingerprint density at radius 2 is 2.07 bits per heavy atom. The van der Waals surface area contributed by atoms with Crippen LogP contribution in [0.5, 0.6) is 11.5 Å². The van der Waals surface area contributed by atoms with Crippen molar-refractivity contribution in [3.63, 3.8) is 0 Å². The molecular weight excluding hydrogens is 640 g/mol. The first kappa shape index (κ1) is 33.6. The van der Waals surface area contributed by atoms with Crippen LogP contribution in [0.4, 0.5) is 5.13 Å². The van der Waals surface area contributed by atoms with Gasteiger partial charge in [0.25, 0.3) is 11.8 Å². The maximum Gasteiger partial charge on any atom is 1.00 e. The molecule has 2 amide bonds. The number of thiazole rings is 1. The van der Waals surface area contributed by atoms with Crippen LogP contribution in [0.15, 0.2) is 69.4 Å². The molecule has 2 atom stereocenters. The molecule has 0 spiro atoms. The molecule has 4 heterocycles. The summed E-state index contributed by atoms with van der Waals surface area (Å²) >= 11 is 3.78. The number of carboxylic acids is 1. The van der Waals surface area contributed by atoms with E-state index in [4.69, 9.17) is 15.2 Å². The molecule has 0 unspecified atom stereocenters. The summed E-state index contributed by atoms with van der Waals surface area (Å²) in [5.74, 6) is -0.780. The third-order valence-corrected chi connectivity index (χ3v) is 9.54. The molecule has 224 valence electrons. The number of rotatable bonds is 12. The van der Waals surface area contributed by atoms with Crippen LogP contribution < -0.4 is 55.2 Å². The van der Waals surface area contributed by atoms with E-state index in [2.05, 4.69) is 20.4 Å². The first-order valence-electron chi connectivity index (χ1n) is 12.8. The van der Waals surface area contributed by atoms with Crippen LogP contribution in [-0.4, -0.2) is 73.6 Å². The van der Waals surface area contributed by atoms with Gasteiger partial charge in [0.2, 0.25) is 0 Å². The number of aromatic nitrogens is 2. The molecule has 3 aromatic rings. The van der Waals surface area contributed by atoms with Gasteiger partial charge in [-0.05, 0) is 41.8 Å². The summed E-state index contributed by atoms with van der Waals surface area (Å²) in [7, 11) is 1.60.